The Kier molecular flexibility index (Phi) is 5.43. The summed E-state index contributed by atoms with van der Waals surface area (Å²) in [6.45, 7) is 4.35. The first-order chi connectivity index (χ1) is 11.6. The highest BCUT2D eigenvalue weighted by Gasteiger charge is 2.44. The summed E-state index contributed by atoms with van der Waals surface area (Å²) < 4.78 is 1.12. The number of aliphatic imine (C=N–C) groups is 1. The van der Waals surface area contributed by atoms with Crippen molar-refractivity contribution in [2.75, 3.05) is 19.6 Å². The Morgan fingerprint density at radius 3 is 2.92 bits per heavy atom. The molecule has 1 unspecified atom stereocenters. The maximum atomic E-state index is 11.3. The van der Waals surface area contributed by atoms with Crippen molar-refractivity contribution in [1.82, 2.24) is 16.0 Å². The van der Waals surface area contributed by atoms with Crippen molar-refractivity contribution >= 4 is 27.8 Å². The Morgan fingerprint density at radius 2 is 2.29 bits per heavy atom. The molecule has 2 aliphatic rings. The van der Waals surface area contributed by atoms with E-state index >= 15 is 0 Å². The molecule has 3 N–H and O–H groups in total. The highest BCUT2D eigenvalue weighted by molar-refractivity contribution is 9.10. The third-order valence-corrected chi connectivity index (χ3v) is 5.27. The quantitative estimate of drug-likeness (QED) is 0.532. The van der Waals surface area contributed by atoms with Crippen LogP contribution < -0.4 is 16.0 Å². The van der Waals surface area contributed by atoms with Crippen LogP contribution in [0.5, 0.6) is 0 Å². The van der Waals surface area contributed by atoms with Crippen molar-refractivity contribution in [1.29, 1.82) is 0 Å². The van der Waals surface area contributed by atoms with E-state index in [-0.39, 0.29) is 17.4 Å². The van der Waals surface area contributed by atoms with Crippen molar-refractivity contribution in [3.05, 3.63) is 34.3 Å². The number of benzene rings is 1. The van der Waals surface area contributed by atoms with Crippen molar-refractivity contribution in [2.24, 2.45) is 4.99 Å². The Morgan fingerprint density at radius 1 is 1.46 bits per heavy atom. The molecule has 6 heteroatoms. The summed E-state index contributed by atoms with van der Waals surface area (Å²) in [4.78, 5) is 16.1. The third kappa shape index (κ3) is 4.29. The van der Waals surface area contributed by atoms with Gasteiger partial charge in [-0.3, -0.25) is 9.79 Å². The molecule has 5 nitrogen and oxygen atoms in total. The lowest BCUT2D eigenvalue weighted by Crippen LogP contribution is -2.51. The zero-order valence-corrected chi connectivity index (χ0v) is 15.7. The fraction of sp³-hybridized carbons (Fsp3) is 0.556. The lowest BCUT2D eigenvalue weighted by atomic mass is 9.96. The molecule has 3 rings (SSSR count). The molecule has 1 atom stereocenters. The summed E-state index contributed by atoms with van der Waals surface area (Å²) in [5.74, 6) is 0.987. The summed E-state index contributed by atoms with van der Waals surface area (Å²) in [5.41, 5.74) is 1.55. The van der Waals surface area contributed by atoms with Crippen LogP contribution in [0.2, 0.25) is 0 Å². The van der Waals surface area contributed by atoms with Gasteiger partial charge in [0.1, 0.15) is 0 Å². The monoisotopic (exact) mass is 392 g/mol. The van der Waals surface area contributed by atoms with E-state index in [1.807, 2.05) is 0 Å². The molecule has 0 radical (unpaired) electrons. The van der Waals surface area contributed by atoms with Crippen LogP contribution in [0.1, 0.15) is 38.2 Å². The number of halogens is 1. The average Bonchev–Trinajstić information content (AvgIpc) is 3.36. The molecule has 0 aromatic heterocycles. The van der Waals surface area contributed by atoms with Crippen LogP contribution in [0.25, 0.3) is 0 Å². The predicted molar refractivity (Wildman–Crippen MR) is 100 cm³/mol. The van der Waals surface area contributed by atoms with E-state index in [1.165, 1.54) is 18.4 Å². The summed E-state index contributed by atoms with van der Waals surface area (Å²) in [6, 6.07) is 8.81. The van der Waals surface area contributed by atoms with E-state index in [1.54, 1.807) is 0 Å². The molecule has 1 saturated heterocycles. The highest BCUT2D eigenvalue weighted by Crippen LogP contribution is 2.48. The molecular formula is C18H25BrN4O. The SMILES string of the molecule is CCNC(=NCC1(c2cccc(Br)c2)CC1)NC1CCC(=O)NC1. The second-order valence-corrected chi connectivity index (χ2v) is 7.59. The van der Waals surface area contributed by atoms with Crippen LogP contribution in [0.3, 0.4) is 0 Å². The first-order valence-corrected chi connectivity index (χ1v) is 9.48. The van der Waals surface area contributed by atoms with Crippen LogP contribution in [-0.2, 0) is 10.2 Å². The number of nitrogens with zero attached hydrogens (tertiary/aromatic N) is 1. The van der Waals surface area contributed by atoms with Gasteiger partial charge in [0, 0.05) is 35.4 Å². The molecule has 1 aromatic rings. The summed E-state index contributed by atoms with van der Waals surface area (Å²) in [7, 11) is 0. The van der Waals surface area contributed by atoms with Gasteiger partial charge in [0.15, 0.2) is 5.96 Å². The van der Waals surface area contributed by atoms with Gasteiger partial charge in [0.05, 0.1) is 6.54 Å². The molecule has 1 heterocycles. The summed E-state index contributed by atoms with van der Waals surface area (Å²) >= 11 is 3.56. The largest absolute Gasteiger partial charge is 0.357 e. The van der Waals surface area contributed by atoms with E-state index in [0.717, 1.165) is 29.9 Å². The normalized spacial score (nSPS) is 22.7. The second-order valence-electron chi connectivity index (χ2n) is 6.67. The summed E-state index contributed by atoms with van der Waals surface area (Å²) in [6.07, 6.45) is 3.81. The molecule has 24 heavy (non-hydrogen) atoms. The van der Waals surface area contributed by atoms with Gasteiger partial charge in [-0.25, -0.2) is 0 Å². The fourth-order valence-corrected chi connectivity index (χ4v) is 3.51. The first kappa shape index (κ1) is 17.3. The van der Waals surface area contributed by atoms with Crippen LogP contribution in [-0.4, -0.2) is 37.5 Å². The number of carbonyl (C=O) groups excluding carboxylic acids is 1. The fourth-order valence-electron chi connectivity index (χ4n) is 3.11. The first-order valence-electron chi connectivity index (χ1n) is 8.69. The molecule has 1 saturated carbocycles. The van der Waals surface area contributed by atoms with Gasteiger partial charge in [-0.05, 0) is 43.9 Å². The van der Waals surface area contributed by atoms with Gasteiger partial charge >= 0.3 is 0 Å². The molecule has 1 aromatic carbocycles. The molecule has 2 fully saturated rings. The number of amides is 1. The Hall–Kier alpha value is -1.56. The van der Waals surface area contributed by atoms with Crippen molar-refractivity contribution in [3.63, 3.8) is 0 Å². The standard InChI is InChI=1S/C18H25BrN4O/c1-2-20-17(23-15-6-7-16(24)21-11-15)22-12-18(8-9-18)13-4-3-5-14(19)10-13/h3-5,10,15H,2,6-9,11-12H2,1H3,(H,21,24)(H2,20,22,23). The minimum atomic E-state index is 0.140. The number of hydrogen-bond donors (Lipinski definition) is 3. The number of hydrogen-bond acceptors (Lipinski definition) is 2. The van der Waals surface area contributed by atoms with Crippen LogP contribution in [0, 0.1) is 0 Å². The maximum Gasteiger partial charge on any atom is 0.220 e. The smallest absolute Gasteiger partial charge is 0.220 e. The van der Waals surface area contributed by atoms with Gasteiger partial charge in [0.2, 0.25) is 5.91 Å². The number of nitrogens with one attached hydrogen (secondary N) is 3. The van der Waals surface area contributed by atoms with Gasteiger partial charge in [-0.15, -0.1) is 0 Å². The minimum Gasteiger partial charge on any atom is -0.357 e. The van der Waals surface area contributed by atoms with Crippen LogP contribution in [0.4, 0.5) is 0 Å². The predicted octanol–water partition coefficient (Wildman–Crippen LogP) is 2.31. The number of piperidine rings is 1. The van der Waals surface area contributed by atoms with Crippen molar-refractivity contribution in [3.8, 4) is 0 Å². The van der Waals surface area contributed by atoms with E-state index in [0.29, 0.717) is 13.0 Å². The van der Waals surface area contributed by atoms with E-state index in [4.69, 9.17) is 4.99 Å². The number of carbonyl (C=O) groups is 1. The molecule has 1 aliphatic carbocycles. The van der Waals surface area contributed by atoms with Gasteiger partial charge in [-0.2, -0.15) is 0 Å². The second kappa shape index (κ2) is 7.55. The van der Waals surface area contributed by atoms with E-state index in [2.05, 4.69) is 63.1 Å². The molecule has 1 amide bonds. The van der Waals surface area contributed by atoms with Gasteiger partial charge in [-0.1, -0.05) is 28.1 Å². The molecule has 130 valence electrons. The van der Waals surface area contributed by atoms with E-state index in [9.17, 15) is 4.79 Å². The lowest BCUT2D eigenvalue weighted by molar-refractivity contribution is -0.122. The average molecular weight is 393 g/mol. The van der Waals surface area contributed by atoms with E-state index < -0.39 is 0 Å². The maximum absolute atomic E-state index is 11.3. The lowest BCUT2D eigenvalue weighted by Gasteiger charge is -2.25. The number of rotatable bonds is 5. The Balaban J connectivity index is 1.64. The van der Waals surface area contributed by atoms with Gasteiger partial charge < -0.3 is 16.0 Å². The molecule has 0 bridgehead atoms. The highest BCUT2D eigenvalue weighted by atomic mass is 79.9. The summed E-state index contributed by atoms with van der Waals surface area (Å²) in [5, 5.41) is 9.68. The zero-order chi connectivity index (χ0) is 17.0. The topological polar surface area (TPSA) is 65.5 Å². The van der Waals surface area contributed by atoms with Crippen molar-refractivity contribution < 1.29 is 4.79 Å². The molecular weight excluding hydrogens is 368 g/mol. The van der Waals surface area contributed by atoms with Crippen molar-refractivity contribution in [2.45, 2.75) is 44.1 Å². The molecule has 1 aliphatic heterocycles. The zero-order valence-electron chi connectivity index (χ0n) is 14.1. The Labute approximate surface area is 151 Å². The van der Waals surface area contributed by atoms with Crippen LogP contribution in [0.15, 0.2) is 33.7 Å². The minimum absolute atomic E-state index is 0.140. The number of guanidine groups is 1. The van der Waals surface area contributed by atoms with Crippen LogP contribution >= 0.6 is 15.9 Å². The van der Waals surface area contributed by atoms with Gasteiger partial charge in [0.25, 0.3) is 0 Å². The Bertz CT molecular complexity index is 617. The third-order valence-electron chi connectivity index (χ3n) is 4.78. The molecule has 0 spiro atoms.